The first kappa shape index (κ1) is 15.9. The number of nitrogens with zero attached hydrogens (tertiary/aromatic N) is 1. The molecule has 0 atom stereocenters. The summed E-state index contributed by atoms with van der Waals surface area (Å²) in [7, 11) is 0. The lowest BCUT2D eigenvalue weighted by atomic mass is 10.1. The second-order valence-corrected chi connectivity index (χ2v) is 4.77. The number of hydrogen-bond acceptors (Lipinski definition) is 3. The minimum atomic E-state index is 0.149. The Hall–Kier alpha value is -1.19. The van der Waals surface area contributed by atoms with Gasteiger partial charge in [-0.25, -0.2) is 0 Å². The summed E-state index contributed by atoms with van der Waals surface area (Å²) in [5.41, 5.74) is 0.774. The smallest absolute Gasteiger partial charge is 0.164 e. The normalized spacial score (nSPS) is 11.2. The summed E-state index contributed by atoms with van der Waals surface area (Å²) in [6, 6.07) is 9.86. The van der Waals surface area contributed by atoms with Crippen LogP contribution in [0.3, 0.4) is 0 Å². The van der Waals surface area contributed by atoms with Crippen LogP contribution in [0.5, 0.6) is 0 Å². The van der Waals surface area contributed by atoms with E-state index >= 15 is 0 Å². The highest BCUT2D eigenvalue weighted by Gasteiger charge is 2.16. The third-order valence-electron chi connectivity index (χ3n) is 3.57. The van der Waals surface area contributed by atoms with Crippen molar-refractivity contribution in [2.45, 2.75) is 39.2 Å². The van der Waals surface area contributed by atoms with Crippen molar-refractivity contribution in [3.8, 4) is 0 Å². The van der Waals surface area contributed by atoms with Gasteiger partial charge in [0.15, 0.2) is 5.78 Å². The second kappa shape index (κ2) is 8.83. The van der Waals surface area contributed by atoms with Gasteiger partial charge in [-0.05, 0) is 12.8 Å². The van der Waals surface area contributed by atoms with Crippen LogP contribution in [0, 0.1) is 0 Å². The zero-order valence-corrected chi connectivity index (χ0v) is 12.0. The third-order valence-corrected chi connectivity index (χ3v) is 3.57. The topological polar surface area (TPSA) is 40.5 Å². The van der Waals surface area contributed by atoms with Crippen molar-refractivity contribution in [2.24, 2.45) is 0 Å². The van der Waals surface area contributed by atoms with Gasteiger partial charge in [-0.3, -0.25) is 9.69 Å². The van der Waals surface area contributed by atoms with Crippen molar-refractivity contribution in [1.82, 2.24) is 4.90 Å². The molecule has 0 saturated heterocycles. The highest BCUT2D eigenvalue weighted by atomic mass is 16.3. The van der Waals surface area contributed by atoms with Gasteiger partial charge in [-0.1, -0.05) is 44.2 Å². The molecule has 0 amide bonds. The first-order valence-corrected chi connectivity index (χ1v) is 7.16. The number of benzene rings is 1. The quantitative estimate of drug-likeness (QED) is 0.696. The summed E-state index contributed by atoms with van der Waals surface area (Å²) in [5, 5.41) is 9.13. The van der Waals surface area contributed by atoms with Gasteiger partial charge in [0, 0.05) is 31.1 Å². The molecule has 0 heterocycles. The summed E-state index contributed by atoms with van der Waals surface area (Å²) >= 11 is 0. The molecule has 1 aromatic rings. The Morgan fingerprint density at radius 3 is 2.32 bits per heavy atom. The summed E-state index contributed by atoms with van der Waals surface area (Å²) in [5.74, 6) is 0.175. The second-order valence-electron chi connectivity index (χ2n) is 4.77. The van der Waals surface area contributed by atoms with Gasteiger partial charge in [0.2, 0.25) is 0 Å². The highest BCUT2D eigenvalue weighted by molar-refractivity contribution is 5.96. The fourth-order valence-corrected chi connectivity index (χ4v) is 2.42. The first-order valence-electron chi connectivity index (χ1n) is 7.16. The predicted molar refractivity (Wildman–Crippen MR) is 78.4 cm³/mol. The predicted octanol–water partition coefficient (Wildman–Crippen LogP) is 2.74. The van der Waals surface area contributed by atoms with Gasteiger partial charge in [-0.2, -0.15) is 0 Å². The first-order chi connectivity index (χ1) is 9.22. The minimum Gasteiger partial charge on any atom is -0.395 e. The van der Waals surface area contributed by atoms with E-state index in [4.69, 9.17) is 5.11 Å². The van der Waals surface area contributed by atoms with Crippen molar-refractivity contribution in [2.75, 3.05) is 19.7 Å². The van der Waals surface area contributed by atoms with E-state index in [0.29, 0.717) is 19.0 Å². The van der Waals surface area contributed by atoms with E-state index in [0.717, 1.165) is 24.9 Å². The lowest BCUT2D eigenvalue weighted by Crippen LogP contribution is -2.38. The van der Waals surface area contributed by atoms with E-state index in [1.807, 2.05) is 30.3 Å². The highest BCUT2D eigenvalue weighted by Crippen LogP contribution is 2.10. The number of carbonyl (C=O) groups excluding carboxylic acids is 1. The minimum absolute atomic E-state index is 0.149. The summed E-state index contributed by atoms with van der Waals surface area (Å²) in [6.45, 7) is 5.82. The van der Waals surface area contributed by atoms with Gasteiger partial charge < -0.3 is 5.11 Å². The Balaban J connectivity index is 2.54. The summed E-state index contributed by atoms with van der Waals surface area (Å²) in [4.78, 5) is 14.3. The Labute approximate surface area is 116 Å². The lowest BCUT2D eigenvalue weighted by Gasteiger charge is -2.29. The molecular formula is C16H25NO2. The largest absolute Gasteiger partial charge is 0.395 e. The molecule has 0 saturated carbocycles. The number of hydrogen-bond donors (Lipinski definition) is 1. The number of rotatable bonds is 9. The van der Waals surface area contributed by atoms with Crippen molar-refractivity contribution in [1.29, 1.82) is 0 Å². The molecular weight excluding hydrogens is 238 g/mol. The number of aliphatic hydroxyl groups excluding tert-OH is 1. The molecule has 0 aliphatic heterocycles. The molecule has 0 bridgehead atoms. The average molecular weight is 263 g/mol. The van der Waals surface area contributed by atoms with Gasteiger partial charge in [0.1, 0.15) is 0 Å². The monoisotopic (exact) mass is 263 g/mol. The van der Waals surface area contributed by atoms with E-state index < -0.39 is 0 Å². The Kier molecular flexibility index (Phi) is 7.38. The van der Waals surface area contributed by atoms with Gasteiger partial charge in [0.05, 0.1) is 6.61 Å². The van der Waals surface area contributed by atoms with Crippen LogP contribution in [0.2, 0.25) is 0 Å². The van der Waals surface area contributed by atoms with Crippen LogP contribution in [-0.2, 0) is 0 Å². The third kappa shape index (κ3) is 5.13. The molecule has 0 aliphatic carbocycles. The molecule has 0 unspecified atom stereocenters. The molecule has 1 rings (SSSR count). The van der Waals surface area contributed by atoms with Crippen molar-refractivity contribution in [3.63, 3.8) is 0 Å². The number of carbonyl (C=O) groups is 1. The molecule has 19 heavy (non-hydrogen) atoms. The molecule has 0 fully saturated rings. The van der Waals surface area contributed by atoms with E-state index in [1.54, 1.807) is 0 Å². The van der Waals surface area contributed by atoms with E-state index in [2.05, 4.69) is 18.7 Å². The Morgan fingerprint density at radius 1 is 1.16 bits per heavy atom. The summed E-state index contributed by atoms with van der Waals surface area (Å²) in [6.07, 6.45) is 2.62. The van der Waals surface area contributed by atoms with E-state index in [9.17, 15) is 4.79 Å². The number of ketones is 1. The zero-order chi connectivity index (χ0) is 14.1. The number of Topliss-reactive ketones (excluding diaryl/α,β-unsaturated/α-hetero) is 1. The standard InChI is InChI=1S/C16H25NO2/c1-3-15(4-2)17(12-13-18)11-10-16(19)14-8-6-5-7-9-14/h5-9,15,18H,3-4,10-13H2,1-2H3. The number of aliphatic hydroxyl groups is 1. The van der Waals surface area contributed by atoms with Crippen molar-refractivity contribution >= 4 is 5.78 Å². The van der Waals surface area contributed by atoms with Crippen LogP contribution in [-0.4, -0.2) is 41.5 Å². The molecule has 1 N–H and O–H groups in total. The Bertz CT molecular complexity index is 360. The average Bonchev–Trinajstić information content (AvgIpc) is 2.46. The SMILES string of the molecule is CCC(CC)N(CCO)CCC(=O)c1ccccc1. The molecule has 0 spiro atoms. The van der Waals surface area contributed by atoms with Crippen LogP contribution in [0.15, 0.2) is 30.3 Å². The van der Waals surface area contributed by atoms with Crippen LogP contribution in [0.1, 0.15) is 43.5 Å². The fourth-order valence-electron chi connectivity index (χ4n) is 2.42. The Morgan fingerprint density at radius 2 is 1.79 bits per heavy atom. The van der Waals surface area contributed by atoms with Gasteiger partial charge in [0.25, 0.3) is 0 Å². The molecule has 106 valence electrons. The van der Waals surface area contributed by atoms with Gasteiger partial charge in [-0.15, -0.1) is 0 Å². The molecule has 0 aliphatic rings. The molecule has 0 radical (unpaired) electrons. The molecule has 3 heteroatoms. The summed E-state index contributed by atoms with van der Waals surface area (Å²) < 4.78 is 0. The molecule has 3 nitrogen and oxygen atoms in total. The maximum absolute atomic E-state index is 12.1. The maximum atomic E-state index is 12.1. The van der Waals surface area contributed by atoms with Crippen molar-refractivity contribution < 1.29 is 9.90 Å². The van der Waals surface area contributed by atoms with Gasteiger partial charge >= 0.3 is 0 Å². The molecule has 0 aromatic heterocycles. The van der Waals surface area contributed by atoms with Crippen LogP contribution in [0.4, 0.5) is 0 Å². The van der Waals surface area contributed by atoms with Crippen LogP contribution >= 0.6 is 0 Å². The van der Waals surface area contributed by atoms with Crippen molar-refractivity contribution in [3.05, 3.63) is 35.9 Å². The molecule has 1 aromatic carbocycles. The zero-order valence-electron chi connectivity index (χ0n) is 12.0. The lowest BCUT2D eigenvalue weighted by molar-refractivity contribution is 0.0927. The maximum Gasteiger partial charge on any atom is 0.164 e. The van der Waals surface area contributed by atoms with E-state index in [1.165, 1.54) is 0 Å². The van der Waals surface area contributed by atoms with Crippen LogP contribution in [0.25, 0.3) is 0 Å². The van der Waals surface area contributed by atoms with E-state index in [-0.39, 0.29) is 12.4 Å². The van der Waals surface area contributed by atoms with Crippen LogP contribution < -0.4 is 0 Å². The fraction of sp³-hybridized carbons (Fsp3) is 0.562.